The Morgan fingerprint density at radius 2 is 2.00 bits per heavy atom. The maximum absolute atomic E-state index is 5.74. The zero-order chi connectivity index (χ0) is 11.4. The predicted octanol–water partition coefficient (Wildman–Crippen LogP) is 1.35. The number of nitrogens with zero attached hydrogens (tertiary/aromatic N) is 2. The number of aryl methyl sites for hydroxylation is 1. The molecule has 0 radical (unpaired) electrons. The minimum absolute atomic E-state index is 0. The van der Waals surface area contributed by atoms with Crippen LogP contribution in [0.15, 0.2) is 6.07 Å². The lowest BCUT2D eigenvalue weighted by molar-refractivity contribution is 0.147. The number of rotatable bonds is 3. The Balaban J connectivity index is 0.00000144. The van der Waals surface area contributed by atoms with E-state index in [1.54, 1.807) is 13.2 Å². The fraction of sp³-hybridized carbons (Fsp3) is 0.636. The summed E-state index contributed by atoms with van der Waals surface area (Å²) in [6.45, 7) is 3.89. The van der Waals surface area contributed by atoms with Crippen LogP contribution in [0.2, 0.25) is 0 Å². The first-order chi connectivity index (χ1) is 7.78. The van der Waals surface area contributed by atoms with Crippen LogP contribution in [0.3, 0.4) is 0 Å². The van der Waals surface area contributed by atoms with E-state index in [0.717, 1.165) is 31.6 Å². The molecule has 1 fully saturated rings. The molecule has 1 aliphatic rings. The van der Waals surface area contributed by atoms with Crippen molar-refractivity contribution in [3.8, 4) is 11.9 Å². The first-order valence-corrected chi connectivity index (χ1v) is 5.55. The van der Waals surface area contributed by atoms with Gasteiger partial charge in [0.1, 0.15) is 6.10 Å². The van der Waals surface area contributed by atoms with Crippen LogP contribution in [0.4, 0.5) is 0 Å². The van der Waals surface area contributed by atoms with E-state index in [1.807, 2.05) is 6.92 Å². The molecule has 5 nitrogen and oxygen atoms in total. The van der Waals surface area contributed by atoms with E-state index in [-0.39, 0.29) is 18.5 Å². The summed E-state index contributed by atoms with van der Waals surface area (Å²) in [6.07, 6.45) is 2.21. The molecule has 0 aliphatic carbocycles. The van der Waals surface area contributed by atoms with Crippen LogP contribution >= 0.6 is 12.4 Å². The molecule has 0 aromatic carbocycles. The summed E-state index contributed by atoms with van der Waals surface area (Å²) in [4.78, 5) is 8.41. The maximum Gasteiger partial charge on any atom is 0.320 e. The SMILES string of the molecule is COc1cc(C)nc(OC2CCNCC2)n1.Cl. The van der Waals surface area contributed by atoms with Crippen LogP contribution in [0.25, 0.3) is 0 Å². The van der Waals surface area contributed by atoms with E-state index < -0.39 is 0 Å². The fourth-order valence-corrected chi connectivity index (χ4v) is 1.73. The molecular formula is C11H18ClN3O2. The fourth-order valence-electron chi connectivity index (χ4n) is 1.73. The number of ether oxygens (including phenoxy) is 2. The Morgan fingerprint density at radius 1 is 1.29 bits per heavy atom. The Labute approximate surface area is 107 Å². The van der Waals surface area contributed by atoms with Crippen molar-refractivity contribution in [1.82, 2.24) is 15.3 Å². The predicted molar refractivity (Wildman–Crippen MR) is 67.1 cm³/mol. The molecule has 1 saturated heterocycles. The molecule has 2 heterocycles. The van der Waals surface area contributed by atoms with Crippen LogP contribution in [0, 0.1) is 6.92 Å². The van der Waals surface area contributed by atoms with Crippen LogP contribution in [-0.4, -0.2) is 36.3 Å². The second kappa shape index (κ2) is 6.61. The van der Waals surface area contributed by atoms with E-state index in [9.17, 15) is 0 Å². The van der Waals surface area contributed by atoms with Crippen LogP contribution < -0.4 is 14.8 Å². The van der Waals surface area contributed by atoms with E-state index >= 15 is 0 Å². The zero-order valence-corrected chi connectivity index (χ0v) is 10.9. The first-order valence-electron chi connectivity index (χ1n) is 5.55. The van der Waals surface area contributed by atoms with Crippen molar-refractivity contribution in [1.29, 1.82) is 0 Å². The van der Waals surface area contributed by atoms with Crippen molar-refractivity contribution < 1.29 is 9.47 Å². The van der Waals surface area contributed by atoms with Crippen LogP contribution in [0.5, 0.6) is 11.9 Å². The normalized spacial score (nSPS) is 16.1. The Kier molecular flexibility index (Phi) is 5.44. The lowest BCUT2D eigenvalue weighted by Crippen LogP contribution is -2.34. The molecule has 1 aromatic heterocycles. The molecule has 1 aromatic rings. The van der Waals surface area contributed by atoms with E-state index in [2.05, 4.69) is 15.3 Å². The van der Waals surface area contributed by atoms with Gasteiger partial charge in [-0.2, -0.15) is 4.98 Å². The summed E-state index contributed by atoms with van der Waals surface area (Å²) in [5.41, 5.74) is 0.857. The highest BCUT2D eigenvalue weighted by Gasteiger charge is 2.16. The number of nitrogens with one attached hydrogen (secondary N) is 1. The third-order valence-electron chi connectivity index (χ3n) is 2.58. The minimum Gasteiger partial charge on any atom is -0.481 e. The summed E-state index contributed by atoms with van der Waals surface area (Å²) < 4.78 is 10.8. The van der Waals surface area contributed by atoms with Gasteiger partial charge in [-0.1, -0.05) is 0 Å². The number of hydrogen-bond acceptors (Lipinski definition) is 5. The molecule has 96 valence electrons. The van der Waals surface area contributed by atoms with Gasteiger partial charge in [0.25, 0.3) is 0 Å². The number of halogens is 1. The molecule has 0 saturated carbocycles. The van der Waals surface area contributed by atoms with Crippen LogP contribution in [0.1, 0.15) is 18.5 Å². The van der Waals surface area contributed by atoms with Gasteiger partial charge in [0, 0.05) is 11.8 Å². The van der Waals surface area contributed by atoms with Crippen molar-refractivity contribution in [3.05, 3.63) is 11.8 Å². The average molecular weight is 260 g/mol. The Morgan fingerprint density at radius 3 is 2.65 bits per heavy atom. The Bertz CT molecular complexity index is 357. The highest BCUT2D eigenvalue weighted by molar-refractivity contribution is 5.85. The summed E-state index contributed by atoms with van der Waals surface area (Å²) in [7, 11) is 1.59. The lowest BCUT2D eigenvalue weighted by atomic mass is 10.1. The van der Waals surface area contributed by atoms with Gasteiger partial charge >= 0.3 is 6.01 Å². The van der Waals surface area contributed by atoms with Crippen molar-refractivity contribution in [2.45, 2.75) is 25.9 Å². The smallest absolute Gasteiger partial charge is 0.320 e. The first kappa shape index (κ1) is 14.0. The van der Waals surface area contributed by atoms with Gasteiger partial charge in [0.2, 0.25) is 5.88 Å². The molecule has 0 atom stereocenters. The second-order valence-corrected chi connectivity index (χ2v) is 3.90. The number of aromatic nitrogens is 2. The third kappa shape index (κ3) is 4.02. The third-order valence-corrected chi connectivity index (χ3v) is 2.58. The standard InChI is InChI=1S/C11H17N3O2.ClH/c1-8-7-10(15-2)14-11(13-8)16-9-3-5-12-6-4-9;/h7,9,12H,3-6H2,1-2H3;1H. The Hall–Kier alpha value is -1.07. The van der Waals surface area contributed by atoms with Gasteiger partial charge in [-0.25, -0.2) is 4.98 Å². The summed E-state index contributed by atoms with van der Waals surface area (Å²) in [5.74, 6) is 0.552. The molecular weight excluding hydrogens is 242 g/mol. The van der Waals surface area contributed by atoms with Gasteiger partial charge in [-0.15, -0.1) is 12.4 Å². The minimum atomic E-state index is 0. The molecule has 0 unspecified atom stereocenters. The highest BCUT2D eigenvalue weighted by atomic mass is 35.5. The van der Waals surface area contributed by atoms with Gasteiger partial charge in [-0.05, 0) is 32.9 Å². The monoisotopic (exact) mass is 259 g/mol. The number of piperidine rings is 1. The van der Waals surface area contributed by atoms with Crippen molar-refractivity contribution in [2.75, 3.05) is 20.2 Å². The average Bonchev–Trinajstić information content (AvgIpc) is 2.29. The van der Waals surface area contributed by atoms with E-state index in [4.69, 9.17) is 9.47 Å². The number of hydrogen-bond donors (Lipinski definition) is 1. The topological polar surface area (TPSA) is 56.3 Å². The summed E-state index contributed by atoms with van der Waals surface area (Å²) in [6, 6.07) is 2.21. The maximum atomic E-state index is 5.74. The van der Waals surface area contributed by atoms with Gasteiger partial charge < -0.3 is 14.8 Å². The second-order valence-electron chi connectivity index (χ2n) is 3.90. The summed E-state index contributed by atoms with van der Waals surface area (Å²) in [5, 5.41) is 3.29. The molecule has 1 N–H and O–H groups in total. The van der Waals surface area contributed by atoms with E-state index in [0.29, 0.717) is 11.9 Å². The van der Waals surface area contributed by atoms with Crippen LogP contribution in [-0.2, 0) is 0 Å². The lowest BCUT2D eigenvalue weighted by Gasteiger charge is -2.22. The van der Waals surface area contributed by atoms with Gasteiger partial charge in [0.15, 0.2) is 0 Å². The highest BCUT2D eigenvalue weighted by Crippen LogP contribution is 2.16. The van der Waals surface area contributed by atoms with E-state index in [1.165, 1.54) is 0 Å². The largest absolute Gasteiger partial charge is 0.481 e. The molecule has 17 heavy (non-hydrogen) atoms. The van der Waals surface area contributed by atoms with Crippen molar-refractivity contribution in [3.63, 3.8) is 0 Å². The van der Waals surface area contributed by atoms with Gasteiger partial charge in [0.05, 0.1) is 7.11 Å². The van der Waals surface area contributed by atoms with Gasteiger partial charge in [-0.3, -0.25) is 0 Å². The molecule has 0 spiro atoms. The van der Waals surface area contributed by atoms with Crippen molar-refractivity contribution >= 4 is 12.4 Å². The number of methoxy groups -OCH3 is 1. The molecule has 1 aliphatic heterocycles. The summed E-state index contributed by atoms with van der Waals surface area (Å²) >= 11 is 0. The van der Waals surface area contributed by atoms with Crippen molar-refractivity contribution in [2.24, 2.45) is 0 Å². The zero-order valence-electron chi connectivity index (χ0n) is 10.1. The quantitative estimate of drug-likeness (QED) is 0.888. The molecule has 2 rings (SSSR count). The molecule has 0 amide bonds. The molecule has 0 bridgehead atoms. The molecule has 6 heteroatoms.